The van der Waals surface area contributed by atoms with Gasteiger partial charge in [0.05, 0.1) is 7.11 Å². The minimum absolute atomic E-state index is 0.219. The maximum absolute atomic E-state index is 12.2. The van der Waals surface area contributed by atoms with Crippen LogP contribution in [-0.2, 0) is 9.53 Å². The molecule has 1 aliphatic rings. The van der Waals surface area contributed by atoms with Crippen molar-refractivity contribution in [3.8, 4) is 28.7 Å². The van der Waals surface area contributed by atoms with E-state index in [1.807, 2.05) is 30.3 Å². The molecule has 8 nitrogen and oxygen atoms in total. The van der Waals surface area contributed by atoms with Gasteiger partial charge in [-0.3, -0.25) is 0 Å². The van der Waals surface area contributed by atoms with Crippen LogP contribution in [0.25, 0.3) is 17.5 Å². The molecule has 2 aromatic carbocycles. The van der Waals surface area contributed by atoms with E-state index >= 15 is 0 Å². The summed E-state index contributed by atoms with van der Waals surface area (Å²) in [5.74, 6) is 1.71. The first-order valence-electron chi connectivity index (χ1n) is 9.39. The van der Waals surface area contributed by atoms with Crippen molar-refractivity contribution < 1.29 is 28.2 Å². The van der Waals surface area contributed by atoms with Crippen molar-refractivity contribution in [2.75, 3.05) is 20.3 Å². The number of hydrogen-bond donors (Lipinski definition) is 0. The van der Waals surface area contributed by atoms with E-state index in [0.29, 0.717) is 41.9 Å². The highest BCUT2D eigenvalue weighted by Crippen LogP contribution is 2.40. The van der Waals surface area contributed by atoms with Crippen molar-refractivity contribution in [3.05, 3.63) is 60.0 Å². The summed E-state index contributed by atoms with van der Waals surface area (Å²) in [6.45, 7) is 2.59. The Hall–Kier alpha value is -3.81. The lowest BCUT2D eigenvalue weighted by Crippen LogP contribution is -2.16. The molecule has 0 spiro atoms. The van der Waals surface area contributed by atoms with Crippen molar-refractivity contribution in [1.82, 2.24) is 10.2 Å². The average molecular weight is 408 g/mol. The number of hydrogen-bond acceptors (Lipinski definition) is 8. The highest BCUT2D eigenvalue weighted by Gasteiger charge is 2.19. The van der Waals surface area contributed by atoms with Crippen molar-refractivity contribution in [2.45, 2.75) is 13.0 Å². The summed E-state index contributed by atoms with van der Waals surface area (Å²) in [5.41, 5.74) is 1.51. The van der Waals surface area contributed by atoms with E-state index in [0.717, 1.165) is 5.56 Å². The molecule has 1 aliphatic heterocycles. The van der Waals surface area contributed by atoms with Crippen molar-refractivity contribution in [2.24, 2.45) is 0 Å². The lowest BCUT2D eigenvalue weighted by atomic mass is 10.1. The van der Waals surface area contributed by atoms with Gasteiger partial charge in [0.15, 0.2) is 17.6 Å². The molecule has 0 radical (unpaired) electrons. The van der Waals surface area contributed by atoms with Crippen LogP contribution < -0.4 is 14.2 Å². The molecule has 0 fully saturated rings. The Labute approximate surface area is 173 Å². The molecule has 0 aliphatic carbocycles. The third-order valence-electron chi connectivity index (χ3n) is 4.36. The third-order valence-corrected chi connectivity index (χ3v) is 4.36. The first kappa shape index (κ1) is 19.5. The topological polar surface area (TPSA) is 92.9 Å². The number of nitrogens with zero attached hydrogens (tertiary/aromatic N) is 2. The Bertz CT molecular complexity index is 1040. The Morgan fingerprint density at radius 2 is 1.93 bits per heavy atom. The van der Waals surface area contributed by atoms with Crippen LogP contribution in [0.4, 0.5) is 0 Å². The van der Waals surface area contributed by atoms with E-state index in [2.05, 4.69) is 10.2 Å². The molecule has 0 saturated carbocycles. The zero-order valence-electron chi connectivity index (χ0n) is 16.5. The van der Waals surface area contributed by atoms with Gasteiger partial charge in [0.25, 0.3) is 5.89 Å². The van der Waals surface area contributed by atoms with Gasteiger partial charge in [-0.2, -0.15) is 0 Å². The van der Waals surface area contributed by atoms with Gasteiger partial charge in [0, 0.05) is 11.6 Å². The Morgan fingerprint density at radius 3 is 2.73 bits per heavy atom. The summed E-state index contributed by atoms with van der Waals surface area (Å²) in [6, 6.07) is 12.9. The molecule has 0 saturated heterocycles. The minimum Gasteiger partial charge on any atom is -0.493 e. The zero-order valence-corrected chi connectivity index (χ0v) is 16.5. The van der Waals surface area contributed by atoms with Gasteiger partial charge < -0.3 is 23.4 Å². The fourth-order valence-electron chi connectivity index (χ4n) is 2.91. The van der Waals surface area contributed by atoms with E-state index in [1.54, 1.807) is 32.2 Å². The number of ether oxygens (including phenoxy) is 4. The molecule has 0 bridgehead atoms. The third kappa shape index (κ3) is 4.27. The SMILES string of the molecule is COc1cc(/C=C/C(=O)O[C@@H](C)c2nnc(-c3ccccc3)o2)cc2c1OCCO2. The predicted molar refractivity (Wildman–Crippen MR) is 107 cm³/mol. The lowest BCUT2D eigenvalue weighted by molar-refractivity contribution is -0.143. The smallest absolute Gasteiger partial charge is 0.331 e. The first-order valence-corrected chi connectivity index (χ1v) is 9.39. The second-order valence-electron chi connectivity index (χ2n) is 6.47. The number of fused-ring (bicyclic) bond motifs is 1. The number of carbonyl (C=O) groups is 1. The Kier molecular flexibility index (Phi) is 5.65. The highest BCUT2D eigenvalue weighted by atomic mass is 16.6. The molecule has 154 valence electrons. The molecule has 0 N–H and O–H groups in total. The first-order chi connectivity index (χ1) is 14.6. The molecule has 1 atom stereocenters. The second kappa shape index (κ2) is 8.69. The van der Waals surface area contributed by atoms with Crippen LogP contribution in [0.5, 0.6) is 17.2 Å². The minimum atomic E-state index is -0.693. The molecule has 3 aromatic rings. The summed E-state index contributed by atoms with van der Waals surface area (Å²) in [5, 5.41) is 7.97. The van der Waals surface area contributed by atoms with Crippen molar-refractivity contribution in [1.29, 1.82) is 0 Å². The molecule has 30 heavy (non-hydrogen) atoms. The fraction of sp³-hybridized carbons (Fsp3) is 0.227. The van der Waals surface area contributed by atoms with Crippen LogP contribution in [0.1, 0.15) is 24.5 Å². The van der Waals surface area contributed by atoms with Crippen LogP contribution >= 0.6 is 0 Å². The number of benzene rings is 2. The predicted octanol–water partition coefficient (Wildman–Crippen LogP) is 3.83. The second-order valence-corrected chi connectivity index (χ2v) is 6.47. The van der Waals surface area contributed by atoms with Gasteiger partial charge >= 0.3 is 5.97 Å². The largest absolute Gasteiger partial charge is 0.493 e. The summed E-state index contributed by atoms with van der Waals surface area (Å²) in [6.07, 6.45) is 2.23. The van der Waals surface area contributed by atoms with Crippen LogP contribution in [0.15, 0.2) is 53.0 Å². The summed E-state index contributed by atoms with van der Waals surface area (Å²) >= 11 is 0. The van der Waals surface area contributed by atoms with Crippen molar-refractivity contribution >= 4 is 12.0 Å². The maximum atomic E-state index is 12.2. The number of carbonyl (C=O) groups excluding carboxylic acids is 1. The zero-order chi connectivity index (χ0) is 20.9. The highest BCUT2D eigenvalue weighted by molar-refractivity contribution is 5.87. The normalized spacial score (nSPS) is 13.8. The monoisotopic (exact) mass is 408 g/mol. The van der Waals surface area contributed by atoms with Crippen LogP contribution in [0.2, 0.25) is 0 Å². The van der Waals surface area contributed by atoms with Crippen molar-refractivity contribution in [3.63, 3.8) is 0 Å². The Balaban J connectivity index is 1.42. The quantitative estimate of drug-likeness (QED) is 0.449. The van der Waals surface area contributed by atoms with Crippen LogP contribution in [-0.4, -0.2) is 36.5 Å². The van der Waals surface area contributed by atoms with Gasteiger partial charge in [-0.1, -0.05) is 18.2 Å². The van der Waals surface area contributed by atoms with Gasteiger partial charge in [0.1, 0.15) is 13.2 Å². The maximum Gasteiger partial charge on any atom is 0.331 e. The lowest BCUT2D eigenvalue weighted by Gasteiger charge is -2.20. The van der Waals surface area contributed by atoms with Crippen LogP contribution in [0.3, 0.4) is 0 Å². The number of esters is 1. The standard InChI is InChI=1S/C22H20N2O6/c1-14(21-23-24-22(30-21)16-6-4-3-5-7-16)29-19(25)9-8-15-12-17(26-2)20-18(13-15)27-10-11-28-20/h3-9,12-14H,10-11H2,1-2H3/b9-8+/t14-/m0/s1. The molecule has 4 rings (SSSR count). The average Bonchev–Trinajstić information content (AvgIpc) is 3.28. The van der Waals surface area contributed by atoms with E-state index in [-0.39, 0.29) is 5.89 Å². The van der Waals surface area contributed by atoms with Gasteiger partial charge in [-0.15, -0.1) is 10.2 Å². The summed E-state index contributed by atoms with van der Waals surface area (Å²) < 4.78 is 27.5. The van der Waals surface area contributed by atoms with Gasteiger partial charge in [0.2, 0.25) is 11.6 Å². The van der Waals surface area contributed by atoms with E-state index in [1.165, 1.54) is 6.08 Å². The van der Waals surface area contributed by atoms with E-state index in [9.17, 15) is 4.79 Å². The number of aromatic nitrogens is 2. The fourth-order valence-corrected chi connectivity index (χ4v) is 2.91. The molecular weight excluding hydrogens is 388 g/mol. The molecule has 1 aromatic heterocycles. The number of rotatable bonds is 6. The Morgan fingerprint density at radius 1 is 1.13 bits per heavy atom. The van der Waals surface area contributed by atoms with Gasteiger partial charge in [-0.25, -0.2) is 4.79 Å². The molecule has 2 heterocycles. The molecular formula is C22H20N2O6. The molecule has 0 unspecified atom stereocenters. The summed E-state index contributed by atoms with van der Waals surface area (Å²) in [7, 11) is 1.55. The van der Waals surface area contributed by atoms with E-state index in [4.69, 9.17) is 23.4 Å². The van der Waals surface area contributed by atoms with Gasteiger partial charge in [-0.05, 0) is 42.8 Å². The number of methoxy groups -OCH3 is 1. The van der Waals surface area contributed by atoms with E-state index < -0.39 is 12.1 Å². The molecule has 8 heteroatoms. The van der Waals surface area contributed by atoms with Crippen LogP contribution in [0, 0.1) is 0 Å². The summed E-state index contributed by atoms with van der Waals surface area (Å²) in [4.78, 5) is 12.2. The molecule has 0 amide bonds.